The summed E-state index contributed by atoms with van der Waals surface area (Å²) in [5.41, 5.74) is 0.315. The lowest BCUT2D eigenvalue weighted by atomic mass is 10.2. The minimum Gasteiger partial charge on any atom is -0.464 e. The summed E-state index contributed by atoms with van der Waals surface area (Å²) in [6.45, 7) is 4.05. The van der Waals surface area contributed by atoms with Crippen LogP contribution in [0.4, 0.5) is 0 Å². The van der Waals surface area contributed by atoms with E-state index in [0.29, 0.717) is 12.1 Å². The number of hydrogen-bond acceptors (Lipinski definition) is 6. The standard InChI is InChI=1S/C13H18N2O5/c1-3-19-12(17)10(13(18)20-4-2)15-11(16)9-6-5-7-14-8-9/h5-6,8,10,14H,3-4,7H2,1-2H3,(H,15,16). The molecule has 0 atom stereocenters. The topological polar surface area (TPSA) is 93.7 Å². The van der Waals surface area contributed by atoms with E-state index in [4.69, 9.17) is 9.47 Å². The highest BCUT2D eigenvalue weighted by atomic mass is 16.6. The van der Waals surface area contributed by atoms with E-state index in [2.05, 4.69) is 10.6 Å². The number of dihydropyridines is 1. The maximum Gasteiger partial charge on any atom is 0.340 e. The number of rotatable bonds is 6. The molecular formula is C13H18N2O5. The number of carbonyl (C=O) groups excluding carboxylic acids is 3. The Kier molecular flexibility index (Phi) is 6.28. The Morgan fingerprint density at radius 3 is 2.30 bits per heavy atom. The van der Waals surface area contributed by atoms with Gasteiger partial charge in [0.2, 0.25) is 6.04 Å². The van der Waals surface area contributed by atoms with Crippen molar-refractivity contribution in [3.8, 4) is 0 Å². The number of nitrogens with one attached hydrogen (secondary N) is 2. The summed E-state index contributed by atoms with van der Waals surface area (Å²) in [7, 11) is 0. The first-order valence-corrected chi connectivity index (χ1v) is 6.34. The van der Waals surface area contributed by atoms with Crippen LogP contribution in [0.2, 0.25) is 0 Å². The van der Waals surface area contributed by atoms with Gasteiger partial charge in [-0.05, 0) is 13.8 Å². The molecule has 1 aliphatic rings. The average molecular weight is 282 g/mol. The van der Waals surface area contributed by atoms with Crippen LogP contribution in [0.1, 0.15) is 13.8 Å². The van der Waals surface area contributed by atoms with Crippen molar-refractivity contribution in [1.29, 1.82) is 0 Å². The fourth-order valence-corrected chi connectivity index (χ4v) is 1.49. The van der Waals surface area contributed by atoms with Gasteiger partial charge in [0.1, 0.15) is 0 Å². The molecule has 1 rings (SSSR count). The fraction of sp³-hybridized carbons (Fsp3) is 0.462. The smallest absolute Gasteiger partial charge is 0.340 e. The lowest BCUT2D eigenvalue weighted by molar-refractivity contribution is -0.159. The van der Waals surface area contributed by atoms with Gasteiger partial charge in [-0.3, -0.25) is 4.79 Å². The first-order valence-electron chi connectivity index (χ1n) is 6.34. The lowest BCUT2D eigenvalue weighted by Gasteiger charge is -2.17. The third-order valence-corrected chi connectivity index (χ3v) is 2.37. The Bertz CT molecular complexity index is 424. The zero-order valence-electron chi connectivity index (χ0n) is 11.5. The minimum atomic E-state index is -1.46. The molecule has 7 heteroatoms. The fourth-order valence-electron chi connectivity index (χ4n) is 1.49. The van der Waals surface area contributed by atoms with Gasteiger partial charge in [-0.25, -0.2) is 9.59 Å². The quantitative estimate of drug-likeness (QED) is 0.510. The molecular weight excluding hydrogens is 264 g/mol. The summed E-state index contributed by atoms with van der Waals surface area (Å²) in [4.78, 5) is 35.3. The Balaban J connectivity index is 2.75. The van der Waals surface area contributed by atoms with Crippen LogP contribution in [0.3, 0.4) is 0 Å². The van der Waals surface area contributed by atoms with Gasteiger partial charge in [-0.2, -0.15) is 0 Å². The van der Waals surface area contributed by atoms with E-state index in [9.17, 15) is 14.4 Å². The van der Waals surface area contributed by atoms with Crippen LogP contribution in [0.15, 0.2) is 23.9 Å². The molecule has 0 saturated heterocycles. The first kappa shape index (κ1) is 15.7. The summed E-state index contributed by atoms with van der Waals surface area (Å²) in [5, 5.41) is 5.16. The summed E-state index contributed by atoms with van der Waals surface area (Å²) in [5.74, 6) is -2.24. The van der Waals surface area contributed by atoms with Gasteiger partial charge in [-0.15, -0.1) is 0 Å². The zero-order chi connectivity index (χ0) is 15.0. The molecule has 0 aromatic rings. The second-order valence-corrected chi connectivity index (χ2v) is 3.82. The molecule has 0 saturated carbocycles. The molecule has 0 unspecified atom stereocenters. The first-order chi connectivity index (χ1) is 9.60. The van der Waals surface area contributed by atoms with Crippen LogP contribution < -0.4 is 10.6 Å². The molecule has 0 aromatic heterocycles. The maximum atomic E-state index is 11.9. The second-order valence-electron chi connectivity index (χ2n) is 3.82. The van der Waals surface area contributed by atoms with Gasteiger partial charge >= 0.3 is 11.9 Å². The van der Waals surface area contributed by atoms with Crippen molar-refractivity contribution in [2.24, 2.45) is 0 Å². The number of ether oxygens (including phenoxy) is 2. The summed E-state index contributed by atoms with van der Waals surface area (Å²) < 4.78 is 9.50. The third kappa shape index (κ3) is 4.42. The molecule has 1 amide bonds. The van der Waals surface area contributed by atoms with Crippen molar-refractivity contribution in [1.82, 2.24) is 10.6 Å². The minimum absolute atomic E-state index is 0.106. The molecule has 0 fully saturated rings. The normalized spacial score (nSPS) is 13.2. The van der Waals surface area contributed by atoms with E-state index >= 15 is 0 Å². The predicted octanol–water partition coefficient (Wildman–Crippen LogP) is -0.359. The lowest BCUT2D eigenvalue weighted by Crippen LogP contribution is -2.48. The number of hydrogen-bond donors (Lipinski definition) is 2. The molecule has 0 spiro atoms. The SMILES string of the molecule is CCOC(=O)C(NC(=O)C1=CNCC=C1)C(=O)OCC. The van der Waals surface area contributed by atoms with Crippen LogP contribution in [-0.4, -0.2) is 43.6 Å². The summed E-state index contributed by atoms with van der Waals surface area (Å²) in [6.07, 6.45) is 4.85. The molecule has 1 aliphatic heterocycles. The van der Waals surface area contributed by atoms with Crippen molar-refractivity contribution in [3.05, 3.63) is 23.9 Å². The van der Waals surface area contributed by atoms with E-state index in [1.54, 1.807) is 26.0 Å². The van der Waals surface area contributed by atoms with Gasteiger partial charge in [0.15, 0.2) is 0 Å². The highest BCUT2D eigenvalue weighted by molar-refractivity contribution is 6.06. The summed E-state index contributed by atoms with van der Waals surface area (Å²) >= 11 is 0. The van der Waals surface area contributed by atoms with E-state index in [1.807, 2.05) is 0 Å². The molecule has 7 nitrogen and oxygen atoms in total. The van der Waals surface area contributed by atoms with E-state index in [0.717, 1.165) is 0 Å². The molecule has 0 aliphatic carbocycles. The van der Waals surface area contributed by atoms with Crippen LogP contribution >= 0.6 is 0 Å². The summed E-state index contributed by atoms with van der Waals surface area (Å²) in [6, 6.07) is -1.46. The molecule has 2 N–H and O–H groups in total. The number of amides is 1. The Labute approximate surface area is 117 Å². The Hall–Kier alpha value is -2.31. The van der Waals surface area contributed by atoms with Crippen molar-refractivity contribution in [2.45, 2.75) is 19.9 Å². The molecule has 110 valence electrons. The van der Waals surface area contributed by atoms with E-state index in [1.165, 1.54) is 6.20 Å². The molecule has 0 bridgehead atoms. The molecule has 0 radical (unpaired) electrons. The predicted molar refractivity (Wildman–Crippen MR) is 70.4 cm³/mol. The van der Waals surface area contributed by atoms with Gasteiger partial charge in [0, 0.05) is 12.7 Å². The Morgan fingerprint density at radius 1 is 1.25 bits per heavy atom. The van der Waals surface area contributed by atoms with Crippen LogP contribution in [0, 0.1) is 0 Å². The van der Waals surface area contributed by atoms with Crippen molar-refractivity contribution >= 4 is 17.8 Å². The highest BCUT2D eigenvalue weighted by Gasteiger charge is 2.31. The van der Waals surface area contributed by atoms with Gasteiger partial charge in [0.25, 0.3) is 5.91 Å². The number of carbonyl (C=O) groups is 3. The van der Waals surface area contributed by atoms with Gasteiger partial charge < -0.3 is 20.1 Å². The van der Waals surface area contributed by atoms with Crippen LogP contribution in [0.25, 0.3) is 0 Å². The second kappa shape index (κ2) is 7.98. The van der Waals surface area contributed by atoms with Crippen LogP contribution in [0.5, 0.6) is 0 Å². The highest BCUT2D eigenvalue weighted by Crippen LogP contribution is 2.02. The monoisotopic (exact) mass is 282 g/mol. The van der Waals surface area contributed by atoms with Gasteiger partial charge in [0.05, 0.1) is 18.8 Å². The van der Waals surface area contributed by atoms with Crippen molar-refractivity contribution < 1.29 is 23.9 Å². The molecule has 20 heavy (non-hydrogen) atoms. The van der Waals surface area contributed by atoms with Gasteiger partial charge in [-0.1, -0.05) is 12.2 Å². The van der Waals surface area contributed by atoms with Crippen LogP contribution in [-0.2, 0) is 23.9 Å². The van der Waals surface area contributed by atoms with E-state index < -0.39 is 23.9 Å². The average Bonchev–Trinajstić information content (AvgIpc) is 2.45. The Morgan fingerprint density at radius 2 is 1.85 bits per heavy atom. The largest absolute Gasteiger partial charge is 0.464 e. The number of esters is 2. The maximum absolute atomic E-state index is 11.9. The zero-order valence-corrected chi connectivity index (χ0v) is 11.5. The van der Waals surface area contributed by atoms with Crippen molar-refractivity contribution in [3.63, 3.8) is 0 Å². The molecule has 1 heterocycles. The van der Waals surface area contributed by atoms with E-state index in [-0.39, 0.29) is 13.2 Å². The third-order valence-electron chi connectivity index (χ3n) is 2.37. The van der Waals surface area contributed by atoms with Crippen molar-refractivity contribution in [2.75, 3.05) is 19.8 Å². The molecule has 0 aromatic carbocycles.